The molecule has 3 nitrogen and oxygen atoms in total. The lowest BCUT2D eigenvalue weighted by Crippen LogP contribution is -2.42. The maximum absolute atomic E-state index is 13.4. The normalized spacial score (nSPS) is 28.6. The highest BCUT2D eigenvalue weighted by Gasteiger charge is 2.34. The first-order chi connectivity index (χ1) is 8.74. The predicted molar refractivity (Wildman–Crippen MR) is 72.6 cm³/mol. The first kappa shape index (κ1) is 14.3. The van der Waals surface area contributed by atoms with Crippen molar-refractivity contribution >= 4 is 18.7 Å². The SMILES string of the molecule is Cl.O=Cc1ccc(OC2CC3CCC(C2)N3)cc1F. The van der Waals surface area contributed by atoms with E-state index in [-0.39, 0.29) is 24.1 Å². The van der Waals surface area contributed by atoms with Crippen LogP contribution in [0, 0.1) is 5.82 Å². The van der Waals surface area contributed by atoms with E-state index in [1.807, 2.05) is 0 Å². The van der Waals surface area contributed by atoms with Crippen molar-refractivity contribution in [3.63, 3.8) is 0 Å². The van der Waals surface area contributed by atoms with Gasteiger partial charge in [0.25, 0.3) is 0 Å². The molecule has 2 unspecified atom stereocenters. The zero-order valence-electron chi connectivity index (χ0n) is 10.5. The highest BCUT2D eigenvalue weighted by Crippen LogP contribution is 2.29. The molecule has 3 rings (SSSR count). The van der Waals surface area contributed by atoms with Gasteiger partial charge in [-0.25, -0.2) is 4.39 Å². The Labute approximate surface area is 117 Å². The lowest BCUT2D eigenvalue weighted by atomic mass is 10.0. The summed E-state index contributed by atoms with van der Waals surface area (Å²) in [6.45, 7) is 0. The highest BCUT2D eigenvalue weighted by atomic mass is 35.5. The summed E-state index contributed by atoms with van der Waals surface area (Å²) in [5.74, 6) is 0.00352. The first-order valence-corrected chi connectivity index (χ1v) is 6.42. The third-order valence-electron chi connectivity index (χ3n) is 3.83. The van der Waals surface area contributed by atoms with Crippen LogP contribution in [0.3, 0.4) is 0 Å². The number of fused-ring (bicyclic) bond motifs is 2. The lowest BCUT2D eigenvalue weighted by molar-refractivity contribution is 0.111. The van der Waals surface area contributed by atoms with Crippen LogP contribution >= 0.6 is 12.4 Å². The standard InChI is InChI=1S/C14H16FNO2.ClH/c15-14-7-12(4-1-9(14)8-17)18-13-5-10-2-3-11(6-13)16-10;/h1,4,7-8,10-11,13,16H,2-3,5-6H2;1H. The number of hydrogen-bond acceptors (Lipinski definition) is 3. The predicted octanol–water partition coefficient (Wildman–Crippen LogP) is 2.72. The van der Waals surface area contributed by atoms with Gasteiger partial charge in [0, 0.05) is 18.2 Å². The van der Waals surface area contributed by atoms with Gasteiger partial charge in [0.1, 0.15) is 17.7 Å². The second-order valence-electron chi connectivity index (χ2n) is 5.15. The summed E-state index contributed by atoms with van der Waals surface area (Å²) in [5.41, 5.74) is 0.0766. The zero-order chi connectivity index (χ0) is 12.5. The molecule has 0 radical (unpaired) electrons. The van der Waals surface area contributed by atoms with E-state index in [1.165, 1.54) is 25.0 Å². The molecule has 2 heterocycles. The number of piperidine rings is 1. The van der Waals surface area contributed by atoms with Gasteiger partial charge in [0.2, 0.25) is 0 Å². The van der Waals surface area contributed by atoms with Crippen LogP contribution < -0.4 is 10.1 Å². The van der Waals surface area contributed by atoms with E-state index in [0.717, 1.165) is 12.8 Å². The zero-order valence-corrected chi connectivity index (χ0v) is 11.3. The van der Waals surface area contributed by atoms with Crippen molar-refractivity contribution in [3.8, 4) is 5.75 Å². The maximum atomic E-state index is 13.4. The third-order valence-corrected chi connectivity index (χ3v) is 3.83. The molecule has 2 saturated heterocycles. The number of ether oxygens (including phenoxy) is 1. The molecule has 0 saturated carbocycles. The van der Waals surface area contributed by atoms with Crippen LogP contribution in [-0.4, -0.2) is 24.5 Å². The number of rotatable bonds is 3. The number of carbonyl (C=O) groups is 1. The van der Waals surface area contributed by atoms with Crippen LogP contribution in [0.15, 0.2) is 18.2 Å². The van der Waals surface area contributed by atoms with E-state index in [0.29, 0.717) is 24.1 Å². The molecule has 2 aliphatic heterocycles. The van der Waals surface area contributed by atoms with E-state index < -0.39 is 5.82 Å². The molecule has 0 aromatic heterocycles. The molecule has 1 N–H and O–H groups in total. The summed E-state index contributed by atoms with van der Waals surface area (Å²) in [7, 11) is 0. The van der Waals surface area contributed by atoms with Crippen molar-refractivity contribution in [2.75, 3.05) is 0 Å². The van der Waals surface area contributed by atoms with Gasteiger partial charge in [-0.2, -0.15) is 0 Å². The molecule has 2 atom stereocenters. The number of benzene rings is 1. The van der Waals surface area contributed by atoms with Crippen LogP contribution in [0.5, 0.6) is 5.75 Å². The summed E-state index contributed by atoms with van der Waals surface area (Å²) in [4.78, 5) is 10.5. The van der Waals surface area contributed by atoms with Crippen molar-refractivity contribution in [1.29, 1.82) is 0 Å². The minimum absolute atomic E-state index is 0. The van der Waals surface area contributed by atoms with Crippen molar-refractivity contribution in [3.05, 3.63) is 29.6 Å². The fraction of sp³-hybridized carbons (Fsp3) is 0.500. The average Bonchev–Trinajstić information content (AvgIpc) is 2.69. The van der Waals surface area contributed by atoms with Crippen molar-refractivity contribution in [2.24, 2.45) is 0 Å². The Kier molecular flexibility index (Phi) is 4.42. The molecule has 1 aromatic rings. The van der Waals surface area contributed by atoms with Gasteiger partial charge in [-0.3, -0.25) is 4.79 Å². The van der Waals surface area contributed by atoms with Crippen LogP contribution in [0.25, 0.3) is 0 Å². The van der Waals surface area contributed by atoms with Crippen LogP contribution in [0.1, 0.15) is 36.0 Å². The van der Waals surface area contributed by atoms with Crippen LogP contribution in [-0.2, 0) is 0 Å². The monoisotopic (exact) mass is 285 g/mol. The number of carbonyl (C=O) groups excluding carboxylic acids is 1. The molecular formula is C14H17ClFNO2. The first-order valence-electron chi connectivity index (χ1n) is 6.42. The Hall–Kier alpha value is -1.13. The van der Waals surface area contributed by atoms with Crippen molar-refractivity contribution in [1.82, 2.24) is 5.32 Å². The number of aldehydes is 1. The lowest BCUT2D eigenvalue weighted by Gasteiger charge is -2.29. The van der Waals surface area contributed by atoms with Gasteiger partial charge >= 0.3 is 0 Å². The number of nitrogens with one attached hydrogen (secondary N) is 1. The minimum atomic E-state index is -0.514. The Bertz CT molecular complexity index is 457. The molecule has 2 fully saturated rings. The molecule has 1 aromatic carbocycles. The third kappa shape index (κ3) is 3.07. The van der Waals surface area contributed by atoms with Gasteiger partial charge in [0.05, 0.1) is 5.56 Å². The van der Waals surface area contributed by atoms with Gasteiger partial charge in [-0.15, -0.1) is 12.4 Å². The topological polar surface area (TPSA) is 38.3 Å². The Morgan fingerprint density at radius 3 is 2.53 bits per heavy atom. The number of halogens is 2. The van der Waals surface area contributed by atoms with Gasteiger partial charge in [0.15, 0.2) is 6.29 Å². The van der Waals surface area contributed by atoms with Gasteiger partial charge < -0.3 is 10.1 Å². The van der Waals surface area contributed by atoms with Crippen LogP contribution in [0.4, 0.5) is 4.39 Å². The summed E-state index contributed by atoms with van der Waals surface area (Å²) in [6.07, 6.45) is 5.06. The highest BCUT2D eigenvalue weighted by molar-refractivity contribution is 5.85. The van der Waals surface area contributed by atoms with E-state index >= 15 is 0 Å². The van der Waals surface area contributed by atoms with Crippen molar-refractivity contribution in [2.45, 2.75) is 43.9 Å². The van der Waals surface area contributed by atoms with E-state index in [9.17, 15) is 9.18 Å². The molecule has 5 heteroatoms. The smallest absolute Gasteiger partial charge is 0.152 e. The largest absolute Gasteiger partial charge is 0.490 e. The van der Waals surface area contributed by atoms with E-state index in [4.69, 9.17) is 4.74 Å². The molecule has 104 valence electrons. The Morgan fingerprint density at radius 1 is 1.26 bits per heavy atom. The maximum Gasteiger partial charge on any atom is 0.152 e. The average molecular weight is 286 g/mol. The summed E-state index contributed by atoms with van der Waals surface area (Å²) >= 11 is 0. The minimum Gasteiger partial charge on any atom is -0.490 e. The molecule has 0 aliphatic carbocycles. The summed E-state index contributed by atoms with van der Waals surface area (Å²) in [6, 6.07) is 5.53. The molecule has 0 spiro atoms. The summed E-state index contributed by atoms with van der Waals surface area (Å²) in [5, 5.41) is 3.54. The van der Waals surface area contributed by atoms with Crippen LogP contribution in [0.2, 0.25) is 0 Å². The summed E-state index contributed by atoms with van der Waals surface area (Å²) < 4.78 is 19.3. The quantitative estimate of drug-likeness (QED) is 0.868. The molecule has 0 amide bonds. The molecule has 2 bridgehead atoms. The molecule has 2 aliphatic rings. The fourth-order valence-corrected chi connectivity index (χ4v) is 2.97. The second kappa shape index (κ2) is 5.88. The second-order valence-corrected chi connectivity index (χ2v) is 5.15. The van der Waals surface area contributed by atoms with E-state index in [2.05, 4.69) is 5.32 Å². The molecule has 19 heavy (non-hydrogen) atoms. The van der Waals surface area contributed by atoms with Gasteiger partial charge in [-0.05, 0) is 37.8 Å². The fourth-order valence-electron chi connectivity index (χ4n) is 2.97. The Balaban J connectivity index is 0.00000133. The van der Waals surface area contributed by atoms with Crippen molar-refractivity contribution < 1.29 is 13.9 Å². The van der Waals surface area contributed by atoms with Gasteiger partial charge in [-0.1, -0.05) is 0 Å². The Morgan fingerprint density at radius 2 is 1.95 bits per heavy atom. The number of hydrogen-bond donors (Lipinski definition) is 1. The van der Waals surface area contributed by atoms with E-state index in [1.54, 1.807) is 6.07 Å². The molecular weight excluding hydrogens is 269 g/mol.